The lowest BCUT2D eigenvalue weighted by Gasteiger charge is -2.11. The van der Waals surface area contributed by atoms with E-state index in [1.54, 1.807) is 0 Å². The highest BCUT2D eigenvalue weighted by Gasteiger charge is 2.20. The summed E-state index contributed by atoms with van der Waals surface area (Å²) in [5.41, 5.74) is 13.5. The maximum atomic E-state index is 6.51. The number of aromatic nitrogens is 5. The Morgan fingerprint density at radius 1 is 0.302 bits per heavy atom. The van der Waals surface area contributed by atoms with Gasteiger partial charge in [-0.3, -0.25) is 0 Å². The van der Waals surface area contributed by atoms with Gasteiger partial charge in [-0.2, -0.15) is 0 Å². The number of hydrogen-bond donors (Lipinski definition) is 0. The number of rotatable bonds is 6. The number of hydrogen-bond acceptors (Lipinski definition) is 4. The first kappa shape index (κ1) is 35.2. The number of furan rings is 1. The number of benzene rings is 9. The maximum absolute atomic E-state index is 6.51. The fourth-order valence-corrected chi connectivity index (χ4v) is 9.50. The smallest absolute Gasteiger partial charge is 0.164 e. The summed E-state index contributed by atoms with van der Waals surface area (Å²) in [7, 11) is 0. The van der Waals surface area contributed by atoms with Gasteiger partial charge in [0.1, 0.15) is 11.2 Å². The molecule has 0 saturated heterocycles. The van der Waals surface area contributed by atoms with Crippen molar-refractivity contribution in [3.05, 3.63) is 212 Å². The van der Waals surface area contributed by atoms with E-state index in [1.165, 1.54) is 32.6 Å². The molecule has 0 amide bonds. The van der Waals surface area contributed by atoms with E-state index >= 15 is 0 Å². The highest BCUT2D eigenvalue weighted by molar-refractivity contribution is 6.19. The van der Waals surface area contributed by atoms with Crippen LogP contribution < -0.4 is 0 Å². The van der Waals surface area contributed by atoms with Crippen LogP contribution in [0.25, 0.3) is 122 Å². The lowest BCUT2D eigenvalue weighted by atomic mass is 9.99. The molecule has 294 valence electrons. The highest BCUT2D eigenvalue weighted by Crippen LogP contribution is 2.41. The fraction of sp³-hybridized carbons (Fsp3) is 0. The Bertz CT molecular complexity index is 3890. The molecule has 0 aliphatic rings. The Balaban J connectivity index is 0.948. The highest BCUT2D eigenvalue weighted by atomic mass is 16.3. The minimum absolute atomic E-state index is 0.578. The van der Waals surface area contributed by atoms with Gasteiger partial charge in [-0.15, -0.1) is 0 Å². The molecule has 4 aromatic heterocycles. The van der Waals surface area contributed by atoms with Gasteiger partial charge in [0.25, 0.3) is 0 Å². The van der Waals surface area contributed by atoms with Crippen LogP contribution in [0, 0.1) is 0 Å². The van der Waals surface area contributed by atoms with Crippen molar-refractivity contribution in [1.82, 2.24) is 24.1 Å². The van der Waals surface area contributed by atoms with Gasteiger partial charge in [-0.05, 0) is 90.0 Å². The quantitative estimate of drug-likeness (QED) is 0.168. The van der Waals surface area contributed by atoms with Crippen molar-refractivity contribution < 1.29 is 4.42 Å². The third-order valence-corrected chi connectivity index (χ3v) is 12.4. The predicted octanol–water partition coefficient (Wildman–Crippen LogP) is 14.6. The Morgan fingerprint density at radius 2 is 0.794 bits per heavy atom. The van der Waals surface area contributed by atoms with Crippen molar-refractivity contribution in [1.29, 1.82) is 0 Å². The molecular weight excluding hydrogens is 771 g/mol. The van der Waals surface area contributed by atoms with Crippen LogP contribution in [0.3, 0.4) is 0 Å². The summed E-state index contributed by atoms with van der Waals surface area (Å²) in [4.78, 5) is 15.3. The molecule has 0 aliphatic carbocycles. The first-order chi connectivity index (χ1) is 31.2. The second-order valence-electron chi connectivity index (χ2n) is 16.0. The normalized spacial score (nSPS) is 11.8. The topological polar surface area (TPSA) is 61.7 Å². The minimum atomic E-state index is 0.578. The summed E-state index contributed by atoms with van der Waals surface area (Å²) in [5.74, 6) is 1.78. The van der Waals surface area contributed by atoms with Gasteiger partial charge >= 0.3 is 0 Å². The summed E-state index contributed by atoms with van der Waals surface area (Å²) in [6, 6.07) is 74.4. The molecular formula is C57H35N5O. The van der Waals surface area contributed by atoms with Crippen LogP contribution in [-0.2, 0) is 0 Å². The van der Waals surface area contributed by atoms with Crippen LogP contribution in [0.1, 0.15) is 0 Å². The molecule has 4 heterocycles. The SMILES string of the molecule is c1ccc(-c2nc(-c3ccc(-n4c5ccccc5c5cc6c(cc54)c4ccccc4n6-c4ccccc4)cc3)nc(-c3ccc4c(c3)oc3cccc(-c5ccccc5)c34)n2)cc1. The Morgan fingerprint density at radius 3 is 1.41 bits per heavy atom. The molecule has 0 bridgehead atoms. The lowest BCUT2D eigenvalue weighted by Crippen LogP contribution is -2.00. The Hall–Kier alpha value is -8.61. The van der Waals surface area contributed by atoms with E-state index in [0.717, 1.165) is 72.2 Å². The number of nitrogens with zero attached hydrogens (tertiary/aromatic N) is 5. The molecule has 13 rings (SSSR count). The third kappa shape index (κ3) is 5.62. The number of para-hydroxylation sites is 3. The molecule has 13 aromatic rings. The molecule has 6 nitrogen and oxygen atoms in total. The van der Waals surface area contributed by atoms with Gasteiger partial charge in [-0.1, -0.05) is 133 Å². The molecule has 0 N–H and O–H groups in total. The van der Waals surface area contributed by atoms with Crippen molar-refractivity contribution in [2.75, 3.05) is 0 Å². The maximum Gasteiger partial charge on any atom is 0.164 e. The molecule has 0 saturated carbocycles. The van der Waals surface area contributed by atoms with E-state index in [2.05, 4.69) is 179 Å². The largest absolute Gasteiger partial charge is 0.456 e. The molecule has 0 unspecified atom stereocenters. The Kier molecular flexibility index (Phi) is 7.80. The molecule has 0 spiro atoms. The van der Waals surface area contributed by atoms with E-state index in [1.807, 2.05) is 42.5 Å². The van der Waals surface area contributed by atoms with Crippen LogP contribution in [0.15, 0.2) is 217 Å². The molecule has 0 aliphatic heterocycles. The first-order valence-electron chi connectivity index (χ1n) is 21.2. The van der Waals surface area contributed by atoms with Crippen LogP contribution in [0.5, 0.6) is 0 Å². The summed E-state index contributed by atoms with van der Waals surface area (Å²) >= 11 is 0. The lowest BCUT2D eigenvalue weighted by molar-refractivity contribution is 0.669. The van der Waals surface area contributed by atoms with E-state index in [4.69, 9.17) is 19.4 Å². The molecule has 9 aromatic carbocycles. The monoisotopic (exact) mass is 805 g/mol. The van der Waals surface area contributed by atoms with Gasteiger partial charge in [0.2, 0.25) is 0 Å². The molecule has 63 heavy (non-hydrogen) atoms. The summed E-state index contributed by atoms with van der Waals surface area (Å²) in [6.45, 7) is 0. The zero-order valence-electron chi connectivity index (χ0n) is 33.9. The van der Waals surface area contributed by atoms with E-state index in [9.17, 15) is 0 Å². The summed E-state index contributed by atoms with van der Waals surface area (Å²) in [6.07, 6.45) is 0. The molecule has 0 atom stereocenters. The van der Waals surface area contributed by atoms with Gasteiger partial charge in [0.05, 0.1) is 22.1 Å². The predicted molar refractivity (Wildman–Crippen MR) is 258 cm³/mol. The van der Waals surface area contributed by atoms with Crippen LogP contribution in [0.2, 0.25) is 0 Å². The van der Waals surface area contributed by atoms with Gasteiger partial charge in [0.15, 0.2) is 17.5 Å². The van der Waals surface area contributed by atoms with E-state index < -0.39 is 0 Å². The zero-order chi connectivity index (χ0) is 41.4. The average molecular weight is 806 g/mol. The van der Waals surface area contributed by atoms with Crippen molar-refractivity contribution >= 4 is 65.6 Å². The average Bonchev–Trinajstić information content (AvgIpc) is 4.01. The van der Waals surface area contributed by atoms with Crippen molar-refractivity contribution in [3.63, 3.8) is 0 Å². The summed E-state index contributed by atoms with van der Waals surface area (Å²) < 4.78 is 11.3. The Labute approximate surface area is 361 Å². The standard InChI is InChI=1S/C57H35N5O/c1-4-15-36(16-5-1)42-23-14-26-52-54(42)45-32-29-39(33-53(45)63-52)57-59-55(37-17-6-2-7-18-37)58-56(60-57)38-27-30-41(31-28-38)62-49-25-13-11-22-44(49)47-34-50-46(35-51(47)62)43-21-10-12-24-48(43)61(50)40-19-8-3-9-20-40/h1-35H. The van der Waals surface area contributed by atoms with Crippen LogP contribution >= 0.6 is 0 Å². The van der Waals surface area contributed by atoms with Gasteiger partial charge in [0, 0.05) is 60.4 Å². The van der Waals surface area contributed by atoms with E-state index in [-0.39, 0.29) is 0 Å². The third-order valence-electron chi connectivity index (χ3n) is 12.4. The molecule has 0 fully saturated rings. The van der Waals surface area contributed by atoms with Crippen molar-refractivity contribution in [3.8, 4) is 56.7 Å². The van der Waals surface area contributed by atoms with Gasteiger partial charge < -0.3 is 13.6 Å². The van der Waals surface area contributed by atoms with Crippen LogP contribution in [0.4, 0.5) is 0 Å². The molecule has 0 radical (unpaired) electrons. The second-order valence-corrected chi connectivity index (χ2v) is 16.0. The number of fused-ring (bicyclic) bond motifs is 9. The fourth-order valence-electron chi connectivity index (χ4n) is 9.50. The van der Waals surface area contributed by atoms with Crippen molar-refractivity contribution in [2.45, 2.75) is 0 Å². The zero-order valence-corrected chi connectivity index (χ0v) is 33.9. The molecule has 6 heteroatoms. The van der Waals surface area contributed by atoms with Crippen molar-refractivity contribution in [2.24, 2.45) is 0 Å². The second kappa shape index (κ2) is 14.0. The first-order valence-corrected chi connectivity index (χ1v) is 21.2. The van der Waals surface area contributed by atoms with Gasteiger partial charge in [-0.25, -0.2) is 15.0 Å². The summed E-state index contributed by atoms with van der Waals surface area (Å²) in [5, 5.41) is 6.99. The minimum Gasteiger partial charge on any atom is -0.456 e. The van der Waals surface area contributed by atoms with Crippen LogP contribution in [-0.4, -0.2) is 24.1 Å². The van der Waals surface area contributed by atoms with E-state index in [0.29, 0.717) is 17.5 Å².